The molecule has 0 aromatic heterocycles. The van der Waals surface area contributed by atoms with Crippen molar-refractivity contribution in [2.24, 2.45) is 0 Å². The molecule has 3 nitrogen and oxygen atoms in total. The first-order valence-electron chi connectivity index (χ1n) is 6.44. The Morgan fingerprint density at radius 2 is 2.29 bits per heavy atom. The lowest BCUT2D eigenvalue weighted by molar-refractivity contribution is -0.122. The fourth-order valence-corrected chi connectivity index (χ4v) is 4.22. The highest BCUT2D eigenvalue weighted by Gasteiger charge is 2.17. The maximum absolute atomic E-state index is 11.7. The molecule has 0 radical (unpaired) electrons. The standard InChI is InChI=1S/C12H24N2OS2/c1-3-4-5-13-12(15)10(2)14-8-11-9-16-6-7-17-11/h10-11,14H,3-9H2,1-2H3,(H,13,15). The SMILES string of the molecule is CCCCNC(=O)C(C)NCC1CSCCS1. The number of carbonyl (C=O) groups is 1. The Morgan fingerprint density at radius 1 is 1.47 bits per heavy atom. The first kappa shape index (κ1) is 15.2. The van der Waals surface area contributed by atoms with E-state index in [-0.39, 0.29) is 11.9 Å². The summed E-state index contributed by atoms with van der Waals surface area (Å²) in [6.07, 6.45) is 2.19. The van der Waals surface area contributed by atoms with Crippen molar-refractivity contribution in [2.75, 3.05) is 30.3 Å². The minimum Gasteiger partial charge on any atom is -0.355 e. The number of nitrogens with one attached hydrogen (secondary N) is 2. The lowest BCUT2D eigenvalue weighted by Gasteiger charge is -2.23. The van der Waals surface area contributed by atoms with Crippen LogP contribution >= 0.6 is 23.5 Å². The van der Waals surface area contributed by atoms with Gasteiger partial charge in [0, 0.05) is 35.6 Å². The van der Waals surface area contributed by atoms with Crippen molar-refractivity contribution >= 4 is 29.4 Å². The molecule has 2 unspecified atom stereocenters. The number of amides is 1. The van der Waals surface area contributed by atoms with Crippen LogP contribution in [0.15, 0.2) is 0 Å². The van der Waals surface area contributed by atoms with E-state index < -0.39 is 0 Å². The van der Waals surface area contributed by atoms with Crippen LogP contribution < -0.4 is 10.6 Å². The normalized spacial score (nSPS) is 22.1. The molecule has 0 spiro atoms. The van der Waals surface area contributed by atoms with Crippen LogP contribution in [0.1, 0.15) is 26.7 Å². The third-order valence-electron chi connectivity index (χ3n) is 2.76. The number of hydrogen-bond acceptors (Lipinski definition) is 4. The fourth-order valence-electron chi connectivity index (χ4n) is 1.60. The molecular formula is C12H24N2OS2. The van der Waals surface area contributed by atoms with Crippen LogP contribution in [0.25, 0.3) is 0 Å². The fraction of sp³-hybridized carbons (Fsp3) is 0.917. The first-order chi connectivity index (χ1) is 8.24. The number of rotatable bonds is 7. The first-order valence-corrected chi connectivity index (χ1v) is 8.64. The molecule has 17 heavy (non-hydrogen) atoms. The number of thioether (sulfide) groups is 2. The summed E-state index contributed by atoms with van der Waals surface area (Å²) in [4.78, 5) is 11.7. The van der Waals surface area contributed by atoms with E-state index in [0.717, 1.165) is 25.9 Å². The molecule has 1 heterocycles. The van der Waals surface area contributed by atoms with Crippen LogP contribution in [-0.2, 0) is 4.79 Å². The van der Waals surface area contributed by atoms with E-state index in [1.54, 1.807) is 0 Å². The van der Waals surface area contributed by atoms with E-state index in [1.807, 2.05) is 30.4 Å². The van der Waals surface area contributed by atoms with E-state index >= 15 is 0 Å². The zero-order valence-corrected chi connectivity index (χ0v) is 12.5. The number of carbonyl (C=O) groups excluding carboxylic acids is 1. The van der Waals surface area contributed by atoms with E-state index in [9.17, 15) is 4.79 Å². The Labute approximate surface area is 113 Å². The largest absolute Gasteiger partial charge is 0.355 e. The zero-order valence-electron chi connectivity index (χ0n) is 10.8. The maximum atomic E-state index is 11.7. The molecule has 100 valence electrons. The van der Waals surface area contributed by atoms with Crippen molar-refractivity contribution < 1.29 is 4.79 Å². The van der Waals surface area contributed by atoms with Gasteiger partial charge in [0.05, 0.1) is 6.04 Å². The maximum Gasteiger partial charge on any atom is 0.236 e. The zero-order chi connectivity index (χ0) is 12.5. The Bertz CT molecular complexity index is 221. The summed E-state index contributed by atoms with van der Waals surface area (Å²) < 4.78 is 0. The average molecular weight is 276 g/mol. The van der Waals surface area contributed by atoms with E-state index in [2.05, 4.69) is 17.6 Å². The molecule has 5 heteroatoms. The van der Waals surface area contributed by atoms with Crippen molar-refractivity contribution in [3.8, 4) is 0 Å². The van der Waals surface area contributed by atoms with Gasteiger partial charge >= 0.3 is 0 Å². The van der Waals surface area contributed by atoms with E-state index in [0.29, 0.717) is 5.25 Å². The number of unbranched alkanes of at least 4 members (excludes halogenated alkanes) is 1. The van der Waals surface area contributed by atoms with Crippen LogP contribution in [0, 0.1) is 0 Å². The summed E-state index contributed by atoms with van der Waals surface area (Å²) in [5.74, 6) is 3.86. The molecule has 1 aliphatic rings. The molecule has 2 N–H and O–H groups in total. The van der Waals surface area contributed by atoms with Crippen LogP contribution in [0.2, 0.25) is 0 Å². The summed E-state index contributed by atoms with van der Waals surface area (Å²) in [5, 5.41) is 6.96. The molecule has 2 atom stereocenters. The Balaban J connectivity index is 2.10. The molecule has 1 fully saturated rings. The molecule has 1 amide bonds. The molecule has 0 aromatic carbocycles. The van der Waals surface area contributed by atoms with Gasteiger partial charge in [-0.05, 0) is 13.3 Å². The summed E-state index contributed by atoms with van der Waals surface area (Å²) >= 11 is 4.04. The van der Waals surface area contributed by atoms with Crippen molar-refractivity contribution in [3.05, 3.63) is 0 Å². The molecular weight excluding hydrogens is 252 g/mol. The van der Waals surface area contributed by atoms with Gasteiger partial charge < -0.3 is 10.6 Å². The van der Waals surface area contributed by atoms with Crippen molar-refractivity contribution in [3.63, 3.8) is 0 Å². The third-order valence-corrected chi connectivity index (χ3v) is 5.60. The second-order valence-electron chi connectivity index (χ2n) is 4.34. The molecule has 0 aromatic rings. The van der Waals surface area contributed by atoms with Gasteiger partial charge in [0.2, 0.25) is 5.91 Å². The Morgan fingerprint density at radius 3 is 2.94 bits per heavy atom. The monoisotopic (exact) mass is 276 g/mol. The van der Waals surface area contributed by atoms with Crippen molar-refractivity contribution in [1.82, 2.24) is 10.6 Å². The molecule has 0 aliphatic carbocycles. The summed E-state index contributed by atoms with van der Waals surface area (Å²) in [6.45, 7) is 5.82. The highest BCUT2D eigenvalue weighted by atomic mass is 32.2. The highest BCUT2D eigenvalue weighted by Crippen LogP contribution is 2.23. The molecule has 1 rings (SSSR count). The van der Waals surface area contributed by atoms with Gasteiger partial charge in [-0.3, -0.25) is 4.79 Å². The second-order valence-corrected chi connectivity index (χ2v) is 6.90. The van der Waals surface area contributed by atoms with Gasteiger partial charge in [-0.2, -0.15) is 23.5 Å². The summed E-state index contributed by atoms with van der Waals surface area (Å²) in [5.41, 5.74) is 0. The second kappa shape index (κ2) is 9.11. The van der Waals surface area contributed by atoms with Crippen LogP contribution in [-0.4, -0.2) is 47.5 Å². The smallest absolute Gasteiger partial charge is 0.236 e. The summed E-state index contributed by atoms with van der Waals surface area (Å²) in [6, 6.07) is -0.0700. The Kier molecular flexibility index (Phi) is 8.14. The molecule has 1 saturated heterocycles. The van der Waals surface area contributed by atoms with Crippen molar-refractivity contribution in [2.45, 2.75) is 38.0 Å². The van der Waals surface area contributed by atoms with Gasteiger partial charge in [-0.15, -0.1) is 0 Å². The molecule has 0 bridgehead atoms. The minimum atomic E-state index is -0.0700. The third kappa shape index (κ3) is 6.58. The minimum absolute atomic E-state index is 0.0700. The van der Waals surface area contributed by atoms with E-state index in [4.69, 9.17) is 0 Å². The van der Waals surface area contributed by atoms with Gasteiger partial charge in [0.25, 0.3) is 0 Å². The van der Waals surface area contributed by atoms with Crippen LogP contribution in [0.4, 0.5) is 0 Å². The lowest BCUT2D eigenvalue weighted by Crippen LogP contribution is -2.45. The van der Waals surface area contributed by atoms with Crippen LogP contribution in [0.3, 0.4) is 0 Å². The predicted molar refractivity (Wildman–Crippen MR) is 79.0 cm³/mol. The summed E-state index contributed by atoms with van der Waals surface area (Å²) in [7, 11) is 0. The van der Waals surface area contributed by atoms with Gasteiger partial charge in [-0.1, -0.05) is 13.3 Å². The quantitative estimate of drug-likeness (QED) is 0.695. The topological polar surface area (TPSA) is 41.1 Å². The van der Waals surface area contributed by atoms with Gasteiger partial charge in [0.15, 0.2) is 0 Å². The number of hydrogen-bond donors (Lipinski definition) is 2. The lowest BCUT2D eigenvalue weighted by atomic mass is 10.3. The average Bonchev–Trinajstić information content (AvgIpc) is 2.37. The van der Waals surface area contributed by atoms with Crippen LogP contribution in [0.5, 0.6) is 0 Å². The van der Waals surface area contributed by atoms with E-state index in [1.165, 1.54) is 17.3 Å². The Hall–Kier alpha value is 0.130. The predicted octanol–water partition coefficient (Wildman–Crippen LogP) is 1.73. The highest BCUT2D eigenvalue weighted by molar-refractivity contribution is 8.06. The molecule has 0 saturated carbocycles. The molecule has 1 aliphatic heterocycles. The van der Waals surface area contributed by atoms with Gasteiger partial charge in [-0.25, -0.2) is 0 Å². The van der Waals surface area contributed by atoms with Gasteiger partial charge in [0.1, 0.15) is 0 Å². The van der Waals surface area contributed by atoms with Crippen molar-refractivity contribution in [1.29, 1.82) is 0 Å².